The summed E-state index contributed by atoms with van der Waals surface area (Å²) in [5.74, 6) is 0.675. The van der Waals surface area contributed by atoms with Crippen LogP contribution in [0.1, 0.15) is 56.8 Å². The fraction of sp³-hybridized carbons (Fsp3) is 0.385. The maximum atomic E-state index is 12.9. The molecule has 176 valence electrons. The zero-order valence-corrected chi connectivity index (χ0v) is 19.9. The van der Waals surface area contributed by atoms with Crippen molar-refractivity contribution in [1.82, 2.24) is 10.6 Å². The van der Waals surface area contributed by atoms with E-state index in [2.05, 4.69) is 10.6 Å². The van der Waals surface area contributed by atoms with Crippen LogP contribution in [0.25, 0.3) is 0 Å². The Bertz CT molecular complexity index is 1030. The van der Waals surface area contributed by atoms with E-state index < -0.39 is 12.0 Å². The highest BCUT2D eigenvalue weighted by Gasteiger charge is 2.34. The van der Waals surface area contributed by atoms with Crippen LogP contribution in [0.4, 0.5) is 4.79 Å². The minimum Gasteiger partial charge on any atom is -0.490 e. The first-order valence-electron chi connectivity index (χ1n) is 11.3. The van der Waals surface area contributed by atoms with Crippen LogP contribution in [-0.4, -0.2) is 24.7 Å². The summed E-state index contributed by atoms with van der Waals surface area (Å²) in [7, 11) is 0. The van der Waals surface area contributed by atoms with Crippen molar-refractivity contribution in [2.45, 2.75) is 59.8 Å². The lowest BCUT2D eigenvalue weighted by molar-refractivity contribution is -0.143. The van der Waals surface area contributed by atoms with Crippen molar-refractivity contribution in [1.29, 1.82) is 0 Å². The molecule has 0 aromatic heterocycles. The van der Waals surface area contributed by atoms with Gasteiger partial charge in [0.15, 0.2) is 11.5 Å². The third-order valence-electron chi connectivity index (χ3n) is 5.19. The van der Waals surface area contributed by atoms with Crippen LogP contribution in [-0.2, 0) is 16.1 Å². The van der Waals surface area contributed by atoms with Gasteiger partial charge in [-0.25, -0.2) is 9.59 Å². The second-order valence-corrected chi connectivity index (χ2v) is 8.14. The first kappa shape index (κ1) is 24.2. The number of allylic oxidation sites excluding steroid dienone is 1. The van der Waals surface area contributed by atoms with Crippen molar-refractivity contribution in [3.63, 3.8) is 0 Å². The normalized spacial score (nSPS) is 15.7. The van der Waals surface area contributed by atoms with Crippen LogP contribution in [0.15, 0.2) is 53.7 Å². The van der Waals surface area contributed by atoms with E-state index in [1.807, 2.05) is 51.1 Å². The lowest BCUT2D eigenvalue weighted by Crippen LogP contribution is -2.46. The first-order valence-corrected chi connectivity index (χ1v) is 11.3. The fourth-order valence-corrected chi connectivity index (χ4v) is 3.60. The largest absolute Gasteiger partial charge is 0.490 e. The number of rotatable bonds is 9. The van der Waals surface area contributed by atoms with Gasteiger partial charge in [-0.2, -0.15) is 0 Å². The van der Waals surface area contributed by atoms with Crippen LogP contribution in [0.5, 0.6) is 11.5 Å². The van der Waals surface area contributed by atoms with Gasteiger partial charge in [-0.3, -0.25) is 0 Å². The number of aryl methyl sites for hydroxylation is 1. The lowest BCUT2D eigenvalue weighted by Gasteiger charge is -2.30. The van der Waals surface area contributed by atoms with Gasteiger partial charge in [0.2, 0.25) is 0 Å². The third-order valence-corrected chi connectivity index (χ3v) is 5.19. The predicted octanol–water partition coefficient (Wildman–Crippen LogP) is 4.94. The molecule has 2 aromatic rings. The molecule has 1 atom stereocenters. The van der Waals surface area contributed by atoms with Crippen molar-refractivity contribution in [2.24, 2.45) is 0 Å². The number of amides is 2. The monoisotopic (exact) mass is 452 g/mol. The number of carbonyl (C=O) groups excluding carboxylic acids is 2. The fourth-order valence-electron chi connectivity index (χ4n) is 3.60. The maximum Gasteiger partial charge on any atom is 0.338 e. The molecule has 0 aliphatic carbocycles. The molecule has 1 unspecified atom stereocenters. The second kappa shape index (κ2) is 10.9. The molecule has 0 saturated heterocycles. The van der Waals surface area contributed by atoms with Crippen LogP contribution in [0.2, 0.25) is 0 Å². The molecule has 2 amide bonds. The summed E-state index contributed by atoms with van der Waals surface area (Å²) >= 11 is 0. The maximum absolute atomic E-state index is 12.9. The highest BCUT2D eigenvalue weighted by molar-refractivity contribution is 5.95. The van der Waals surface area contributed by atoms with Crippen LogP contribution >= 0.6 is 0 Å². The van der Waals surface area contributed by atoms with Crippen molar-refractivity contribution in [2.75, 3.05) is 6.61 Å². The molecule has 1 heterocycles. The Kier molecular flexibility index (Phi) is 7.98. The second-order valence-electron chi connectivity index (χ2n) is 8.14. The molecule has 2 aromatic carbocycles. The molecular formula is C26H32N2O5. The summed E-state index contributed by atoms with van der Waals surface area (Å²) in [5, 5.41) is 5.58. The van der Waals surface area contributed by atoms with Gasteiger partial charge in [-0.15, -0.1) is 0 Å². The van der Waals surface area contributed by atoms with E-state index >= 15 is 0 Å². The smallest absolute Gasteiger partial charge is 0.338 e. The van der Waals surface area contributed by atoms with Gasteiger partial charge in [-0.1, -0.05) is 42.8 Å². The van der Waals surface area contributed by atoms with E-state index in [-0.39, 0.29) is 12.1 Å². The first-order chi connectivity index (χ1) is 15.8. The number of urea groups is 1. The summed E-state index contributed by atoms with van der Waals surface area (Å²) in [4.78, 5) is 25.2. The summed E-state index contributed by atoms with van der Waals surface area (Å²) < 4.78 is 17.3. The minimum atomic E-state index is -0.662. The number of hydrogen-bond donors (Lipinski definition) is 2. The Hall–Kier alpha value is -3.48. The minimum absolute atomic E-state index is 0.280. The Morgan fingerprint density at radius 3 is 2.39 bits per heavy atom. The Morgan fingerprint density at radius 1 is 1.03 bits per heavy atom. The van der Waals surface area contributed by atoms with E-state index in [4.69, 9.17) is 14.2 Å². The number of nitrogens with one attached hydrogen (secondary N) is 2. The molecule has 3 rings (SSSR count). The van der Waals surface area contributed by atoms with E-state index in [0.29, 0.717) is 48.0 Å². The number of carbonyl (C=O) groups is 2. The van der Waals surface area contributed by atoms with Gasteiger partial charge in [0.25, 0.3) is 0 Å². The average molecular weight is 453 g/mol. The lowest BCUT2D eigenvalue weighted by atomic mass is 9.94. The zero-order chi connectivity index (χ0) is 24.0. The highest BCUT2D eigenvalue weighted by Crippen LogP contribution is 2.35. The van der Waals surface area contributed by atoms with E-state index in [1.165, 1.54) is 5.56 Å². The third kappa shape index (κ3) is 6.06. The molecule has 0 saturated carbocycles. The zero-order valence-electron chi connectivity index (χ0n) is 19.9. The Labute approximate surface area is 195 Å². The van der Waals surface area contributed by atoms with E-state index in [0.717, 1.165) is 5.56 Å². The number of benzene rings is 2. The topological polar surface area (TPSA) is 85.9 Å². The molecule has 33 heavy (non-hydrogen) atoms. The van der Waals surface area contributed by atoms with Crippen LogP contribution < -0.4 is 20.1 Å². The van der Waals surface area contributed by atoms with Gasteiger partial charge < -0.3 is 24.8 Å². The molecule has 7 heteroatoms. The standard InChI is InChI=1S/C26H32N2O5/c1-6-20-23(25(29)33-16(3)4)24(28-26(30)27-20)19-12-13-21(22(14-19)31-7-2)32-15-18-10-8-17(5)9-11-18/h8-14,16,24H,6-7,15H2,1-5H3,(H2,27,28,30). The van der Waals surface area contributed by atoms with Crippen LogP contribution in [0.3, 0.4) is 0 Å². The molecular weight excluding hydrogens is 420 g/mol. The SMILES string of the molecule is CCOc1cc(C2NC(=O)NC(CC)=C2C(=O)OC(C)C)ccc1OCc1ccc(C)cc1. The Morgan fingerprint density at radius 2 is 1.76 bits per heavy atom. The molecule has 2 N–H and O–H groups in total. The molecule has 0 fully saturated rings. The molecule has 7 nitrogen and oxygen atoms in total. The van der Waals surface area contributed by atoms with Gasteiger partial charge in [0.05, 0.1) is 24.3 Å². The molecule has 0 bridgehead atoms. The highest BCUT2D eigenvalue weighted by atomic mass is 16.5. The summed E-state index contributed by atoms with van der Waals surface area (Å²) in [6.45, 7) is 10.2. The Balaban J connectivity index is 1.92. The van der Waals surface area contributed by atoms with E-state index in [9.17, 15) is 9.59 Å². The van der Waals surface area contributed by atoms with E-state index in [1.54, 1.807) is 26.0 Å². The average Bonchev–Trinajstić information content (AvgIpc) is 2.78. The number of ether oxygens (including phenoxy) is 3. The molecule has 1 aliphatic rings. The number of esters is 1. The summed E-state index contributed by atoms with van der Waals surface area (Å²) in [5.41, 5.74) is 3.88. The molecule has 0 radical (unpaired) electrons. The number of hydrogen-bond acceptors (Lipinski definition) is 5. The molecule has 1 aliphatic heterocycles. The summed E-state index contributed by atoms with van der Waals surface area (Å²) in [6, 6.07) is 12.6. The van der Waals surface area contributed by atoms with Gasteiger partial charge >= 0.3 is 12.0 Å². The van der Waals surface area contributed by atoms with Gasteiger partial charge in [-0.05, 0) is 57.4 Å². The van der Waals surface area contributed by atoms with Crippen molar-refractivity contribution in [3.8, 4) is 11.5 Å². The van der Waals surface area contributed by atoms with Crippen molar-refractivity contribution >= 4 is 12.0 Å². The van der Waals surface area contributed by atoms with Crippen LogP contribution in [0, 0.1) is 6.92 Å². The van der Waals surface area contributed by atoms with Gasteiger partial charge in [0, 0.05) is 5.70 Å². The van der Waals surface area contributed by atoms with Crippen molar-refractivity contribution < 1.29 is 23.8 Å². The quantitative estimate of drug-likeness (QED) is 0.526. The molecule has 0 spiro atoms. The summed E-state index contributed by atoms with van der Waals surface area (Å²) in [6.07, 6.45) is 0.209. The predicted molar refractivity (Wildman–Crippen MR) is 126 cm³/mol. The van der Waals surface area contributed by atoms with Crippen molar-refractivity contribution in [3.05, 3.63) is 70.4 Å². The van der Waals surface area contributed by atoms with Gasteiger partial charge in [0.1, 0.15) is 6.61 Å².